The Kier molecular flexibility index (Phi) is 6.04. The van der Waals surface area contributed by atoms with Crippen LogP contribution in [0.1, 0.15) is 30.1 Å². The first kappa shape index (κ1) is 21.9. The molecule has 6 nitrogen and oxygen atoms in total. The number of pyridine rings is 1. The zero-order valence-electron chi connectivity index (χ0n) is 18.6. The Morgan fingerprint density at radius 2 is 1.73 bits per heavy atom. The molecule has 1 aliphatic carbocycles. The molecule has 1 aromatic heterocycles. The smallest absolute Gasteiger partial charge is 0.254 e. The van der Waals surface area contributed by atoms with Gasteiger partial charge in [-0.15, -0.1) is 0 Å². The van der Waals surface area contributed by atoms with Crippen LogP contribution in [0.3, 0.4) is 0 Å². The average Bonchev–Trinajstić information content (AvgIpc) is 3.67. The lowest BCUT2D eigenvalue weighted by Crippen LogP contribution is -2.55. The van der Waals surface area contributed by atoms with E-state index in [0.29, 0.717) is 42.8 Å². The number of hydrogen-bond acceptors (Lipinski definition) is 4. The molecule has 7 heteroatoms. The van der Waals surface area contributed by atoms with Crippen molar-refractivity contribution in [1.82, 2.24) is 20.1 Å². The number of piperazine rings is 1. The van der Waals surface area contributed by atoms with Crippen molar-refractivity contribution in [3.05, 3.63) is 65.2 Å². The molecule has 2 heterocycles. The Morgan fingerprint density at radius 1 is 1.03 bits per heavy atom. The molecule has 1 unspecified atom stereocenters. The second-order valence-electron chi connectivity index (χ2n) is 8.87. The Morgan fingerprint density at radius 3 is 2.42 bits per heavy atom. The summed E-state index contributed by atoms with van der Waals surface area (Å²) < 4.78 is 0. The van der Waals surface area contributed by atoms with Crippen LogP contribution >= 0.6 is 11.6 Å². The third-order valence-corrected chi connectivity index (χ3v) is 6.79. The number of carbonyl (C=O) groups is 2. The molecule has 2 amide bonds. The normalized spacial score (nSPS) is 17.7. The monoisotopic (exact) mass is 462 g/mol. The highest BCUT2D eigenvalue weighted by atomic mass is 35.5. The van der Waals surface area contributed by atoms with E-state index in [2.05, 4.69) is 10.2 Å². The number of amides is 2. The van der Waals surface area contributed by atoms with Crippen molar-refractivity contribution in [2.24, 2.45) is 0 Å². The quantitative estimate of drug-likeness (QED) is 0.622. The predicted molar refractivity (Wildman–Crippen MR) is 130 cm³/mol. The van der Waals surface area contributed by atoms with Gasteiger partial charge in [-0.2, -0.15) is 0 Å². The van der Waals surface area contributed by atoms with Gasteiger partial charge in [0.25, 0.3) is 5.91 Å². The molecule has 1 N–H and O–H groups in total. The number of aromatic nitrogens is 1. The number of hydrogen-bond donors (Lipinski definition) is 1. The lowest BCUT2D eigenvalue weighted by Gasteiger charge is -2.37. The third kappa shape index (κ3) is 4.72. The molecule has 2 aromatic carbocycles. The second kappa shape index (κ2) is 9.12. The molecule has 170 valence electrons. The van der Waals surface area contributed by atoms with Crippen molar-refractivity contribution >= 4 is 34.3 Å². The maximum atomic E-state index is 13.6. The first-order chi connectivity index (χ1) is 16.0. The van der Waals surface area contributed by atoms with Gasteiger partial charge < -0.3 is 10.2 Å². The van der Waals surface area contributed by atoms with Crippen molar-refractivity contribution in [1.29, 1.82) is 0 Å². The molecular formula is C26H27ClN4O2. The number of rotatable bonds is 5. The van der Waals surface area contributed by atoms with E-state index in [0.717, 1.165) is 35.0 Å². The molecule has 33 heavy (non-hydrogen) atoms. The summed E-state index contributed by atoms with van der Waals surface area (Å²) in [5, 5.41) is 4.59. The van der Waals surface area contributed by atoms with E-state index >= 15 is 0 Å². The molecule has 3 aromatic rings. The van der Waals surface area contributed by atoms with E-state index in [1.54, 1.807) is 0 Å². The molecule has 2 aliphatic rings. The fraction of sp³-hybridized carbons (Fsp3) is 0.346. The van der Waals surface area contributed by atoms with Crippen LogP contribution < -0.4 is 5.32 Å². The molecule has 0 radical (unpaired) electrons. The summed E-state index contributed by atoms with van der Waals surface area (Å²) in [7, 11) is 0. The molecule has 1 saturated carbocycles. The van der Waals surface area contributed by atoms with Crippen molar-refractivity contribution in [2.75, 3.05) is 26.2 Å². The first-order valence-corrected chi connectivity index (χ1v) is 11.9. The molecule has 1 saturated heterocycles. The van der Waals surface area contributed by atoms with Crippen LogP contribution in [0.4, 0.5) is 0 Å². The van der Waals surface area contributed by atoms with Crippen molar-refractivity contribution < 1.29 is 9.59 Å². The van der Waals surface area contributed by atoms with Gasteiger partial charge in [-0.3, -0.25) is 14.5 Å². The van der Waals surface area contributed by atoms with Gasteiger partial charge in [0.05, 0.1) is 22.8 Å². The van der Waals surface area contributed by atoms with Crippen LogP contribution in [0.5, 0.6) is 0 Å². The fourth-order valence-electron chi connectivity index (χ4n) is 4.32. The Balaban J connectivity index is 1.36. The second-order valence-corrected chi connectivity index (χ2v) is 9.30. The summed E-state index contributed by atoms with van der Waals surface area (Å²) in [4.78, 5) is 34.8. The minimum absolute atomic E-state index is 0.00134. The standard InChI is InChI=1S/C26H27ClN4O2/c1-17(25(32)28-20-10-11-20)30-12-14-31(15-13-30)26(33)22-16-24(18-6-8-19(27)9-7-18)29-23-5-3-2-4-21(22)23/h2-9,16-17,20H,10-15H2,1H3,(H,28,32). The van der Waals surface area contributed by atoms with Gasteiger partial charge in [-0.1, -0.05) is 41.9 Å². The molecule has 1 aliphatic heterocycles. The van der Waals surface area contributed by atoms with E-state index in [-0.39, 0.29) is 17.9 Å². The summed E-state index contributed by atoms with van der Waals surface area (Å²) >= 11 is 6.05. The number of nitrogens with one attached hydrogen (secondary N) is 1. The highest BCUT2D eigenvalue weighted by Gasteiger charge is 2.31. The van der Waals surface area contributed by atoms with Crippen molar-refractivity contribution in [2.45, 2.75) is 31.8 Å². The summed E-state index contributed by atoms with van der Waals surface area (Å²) in [6.45, 7) is 4.49. The molecule has 2 fully saturated rings. The van der Waals surface area contributed by atoms with E-state index in [4.69, 9.17) is 16.6 Å². The number of benzene rings is 2. The van der Waals surface area contributed by atoms with Gasteiger partial charge in [0.15, 0.2) is 0 Å². The maximum Gasteiger partial charge on any atom is 0.254 e. The number of para-hydroxylation sites is 1. The number of carbonyl (C=O) groups excluding carboxylic acids is 2. The molecule has 5 rings (SSSR count). The van der Waals surface area contributed by atoms with Crippen molar-refractivity contribution in [3.8, 4) is 11.3 Å². The lowest BCUT2D eigenvalue weighted by atomic mass is 10.0. The van der Waals surface area contributed by atoms with Crippen LogP contribution in [-0.2, 0) is 4.79 Å². The van der Waals surface area contributed by atoms with Crippen LogP contribution in [0.25, 0.3) is 22.2 Å². The molecular weight excluding hydrogens is 436 g/mol. The Labute approximate surface area is 198 Å². The van der Waals surface area contributed by atoms with Gasteiger partial charge >= 0.3 is 0 Å². The summed E-state index contributed by atoms with van der Waals surface area (Å²) in [5.41, 5.74) is 3.10. The predicted octanol–water partition coefficient (Wildman–Crippen LogP) is 3.98. The van der Waals surface area contributed by atoms with Crippen LogP contribution in [0.2, 0.25) is 5.02 Å². The van der Waals surface area contributed by atoms with E-state index in [9.17, 15) is 9.59 Å². The summed E-state index contributed by atoms with van der Waals surface area (Å²) in [5.74, 6) is 0.0866. The molecule has 1 atom stereocenters. The Hall–Kier alpha value is -2.96. The van der Waals surface area contributed by atoms with E-state index in [1.165, 1.54) is 0 Å². The molecule has 0 bridgehead atoms. The fourth-order valence-corrected chi connectivity index (χ4v) is 4.44. The summed E-state index contributed by atoms with van der Waals surface area (Å²) in [6, 6.07) is 17.3. The van der Waals surface area contributed by atoms with Crippen LogP contribution in [0.15, 0.2) is 54.6 Å². The number of fused-ring (bicyclic) bond motifs is 1. The van der Waals surface area contributed by atoms with Gasteiger partial charge in [0.1, 0.15) is 0 Å². The van der Waals surface area contributed by atoms with Gasteiger partial charge in [0, 0.05) is 48.2 Å². The van der Waals surface area contributed by atoms with Crippen molar-refractivity contribution in [3.63, 3.8) is 0 Å². The van der Waals surface area contributed by atoms with Crippen LogP contribution in [0, 0.1) is 0 Å². The van der Waals surface area contributed by atoms with Gasteiger partial charge in [-0.25, -0.2) is 4.98 Å². The zero-order valence-corrected chi connectivity index (χ0v) is 19.4. The highest BCUT2D eigenvalue weighted by Crippen LogP contribution is 2.27. The Bertz CT molecular complexity index is 1180. The number of nitrogens with zero attached hydrogens (tertiary/aromatic N) is 3. The molecule has 0 spiro atoms. The third-order valence-electron chi connectivity index (χ3n) is 6.54. The maximum absolute atomic E-state index is 13.6. The van der Waals surface area contributed by atoms with Gasteiger partial charge in [0.2, 0.25) is 5.91 Å². The topological polar surface area (TPSA) is 65.5 Å². The largest absolute Gasteiger partial charge is 0.352 e. The average molecular weight is 463 g/mol. The highest BCUT2D eigenvalue weighted by molar-refractivity contribution is 6.30. The minimum Gasteiger partial charge on any atom is -0.352 e. The van der Waals surface area contributed by atoms with Crippen LogP contribution in [-0.4, -0.2) is 64.9 Å². The van der Waals surface area contributed by atoms with E-state index < -0.39 is 0 Å². The first-order valence-electron chi connectivity index (χ1n) is 11.5. The lowest BCUT2D eigenvalue weighted by molar-refractivity contribution is -0.126. The summed E-state index contributed by atoms with van der Waals surface area (Å²) in [6.07, 6.45) is 2.16. The van der Waals surface area contributed by atoms with E-state index in [1.807, 2.05) is 66.4 Å². The SMILES string of the molecule is CC(C(=O)NC1CC1)N1CCN(C(=O)c2cc(-c3ccc(Cl)cc3)nc3ccccc23)CC1. The minimum atomic E-state index is -0.180. The zero-order chi connectivity index (χ0) is 22.9. The number of halogens is 1. The van der Waals surface area contributed by atoms with Gasteiger partial charge in [-0.05, 0) is 44.0 Å².